The predicted octanol–water partition coefficient (Wildman–Crippen LogP) is 7.97. The van der Waals surface area contributed by atoms with Crippen LogP contribution in [0.15, 0.2) is 62.2 Å². The molecule has 2 aromatic carbocycles. The van der Waals surface area contributed by atoms with Gasteiger partial charge in [-0.05, 0) is 92.6 Å². The third-order valence-corrected chi connectivity index (χ3v) is 7.10. The molecule has 0 aliphatic rings. The van der Waals surface area contributed by atoms with Crippen LogP contribution in [0.5, 0.6) is 5.75 Å². The molecule has 0 atom stereocenters. The summed E-state index contributed by atoms with van der Waals surface area (Å²) in [5, 5.41) is 8.89. The molecular weight excluding hydrogens is 526 g/mol. The van der Waals surface area contributed by atoms with Crippen molar-refractivity contribution in [2.75, 3.05) is 13.2 Å². The molecule has 0 unspecified atom stereocenters. The summed E-state index contributed by atoms with van der Waals surface area (Å²) in [6.07, 6.45) is 4.40. The Kier molecular flexibility index (Phi) is 9.41. The van der Waals surface area contributed by atoms with Crippen molar-refractivity contribution in [3.63, 3.8) is 0 Å². The lowest BCUT2D eigenvalue weighted by molar-refractivity contribution is 0.116. The highest BCUT2D eigenvalue weighted by Crippen LogP contribution is 2.32. The Morgan fingerprint density at radius 2 is 1.47 bits per heavy atom. The Labute approximate surface area is 198 Å². The molecule has 0 fully saturated rings. The minimum atomic E-state index is 0.657. The van der Waals surface area contributed by atoms with E-state index in [0.29, 0.717) is 12.2 Å². The van der Waals surface area contributed by atoms with Crippen molar-refractivity contribution in [1.29, 1.82) is 5.26 Å². The first-order chi connectivity index (χ1) is 14.7. The zero-order valence-electron chi connectivity index (χ0n) is 16.6. The van der Waals surface area contributed by atoms with E-state index in [4.69, 9.17) is 14.7 Å². The third-order valence-electron chi connectivity index (χ3n) is 4.64. The fraction of sp³-hybridized carbons (Fsp3) is 0.292. The van der Waals surface area contributed by atoms with E-state index in [2.05, 4.69) is 56.1 Å². The van der Waals surface area contributed by atoms with Gasteiger partial charge in [0, 0.05) is 12.2 Å². The number of halogens is 2. The molecule has 0 saturated carbocycles. The molecule has 6 heteroatoms. The number of thiophene rings is 1. The van der Waals surface area contributed by atoms with Gasteiger partial charge in [-0.3, -0.25) is 0 Å². The highest BCUT2D eigenvalue weighted by molar-refractivity contribution is 9.12. The molecule has 156 valence electrons. The van der Waals surface area contributed by atoms with E-state index in [1.807, 2.05) is 36.4 Å². The van der Waals surface area contributed by atoms with Gasteiger partial charge in [-0.2, -0.15) is 5.26 Å². The normalized spacial score (nSPS) is 10.7. The minimum absolute atomic E-state index is 0.657. The summed E-state index contributed by atoms with van der Waals surface area (Å²) in [5.74, 6) is 0.892. The summed E-state index contributed by atoms with van der Waals surface area (Å²) in [5.41, 5.74) is 4.09. The fourth-order valence-corrected chi connectivity index (χ4v) is 5.77. The van der Waals surface area contributed by atoms with Crippen molar-refractivity contribution in [3.8, 4) is 22.9 Å². The first-order valence-corrected chi connectivity index (χ1v) is 12.3. The van der Waals surface area contributed by atoms with Gasteiger partial charge in [0.05, 0.1) is 32.4 Å². The number of hydrogen-bond donors (Lipinski definition) is 0. The van der Waals surface area contributed by atoms with E-state index in [1.54, 1.807) is 11.3 Å². The molecule has 30 heavy (non-hydrogen) atoms. The van der Waals surface area contributed by atoms with Gasteiger partial charge in [-0.1, -0.05) is 30.7 Å². The molecule has 1 aromatic heterocycles. The summed E-state index contributed by atoms with van der Waals surface area (Å²) < 4.78 is 13.9. The van der Waals surface area contributed by atoms with Gasteiger partial charge in [0.2, 0.25) is 0 Å². The van der Waals surface area contributed by atoms with Crippen LogP contribution in [-0.4, -0.2) is 13.2 Å². The third kappa shape index (κ3) is 7.24. The first-order valence-electron chi connectivity index (χ1n) is 9.90. The monoisotopic (exact) mass is 547 g/mol. The van der Waals surface area contributed by atoms with Gasteiger partial charge in [0.25, 0.3) is 0 Å². The Bertz CT molecular complexity index is 962. The number of ether oxygens (including phenoxy) is 2. The van der Waals surface area contributed by atoms with Crippen LogP contribution in [0.25, 0.3) is 11.1 Å². The summed E-state index contributed by atoms with van der Waals surface area (Å²) in [6, 6.07) is 20.0. The average Bonchev–Trinajstić information content (AvgIpc) is 3.10. The largest absolute Gasteiger partial charge is 0.494 e. The van der Waals surface area contributed by atoms with Crippen molar-refractivity contribution >= 4 is 43.2 Å². The standard InChI is InChI=1S/C24H23Br2NO2S/c25-23-15-21(24(26)30-23)17-28-13-3-1-2-4-14-29-22-11-9-20(10-12-22)19-7-5-18(16-27)6-8-19/h5-12,15H,1-4,13-14,17H2. The van der Waals surface area contributed by atoms with E-state index in [9.17, 15) is 0 Å². The summed E-state index contributed by atoms with van der Waals surface area (Å²) >= 11 is 8.72. The second-order valence-corrected chi connectivity index (χ2v) is 10.6. The number of unbranched alkanes of at least 4 members (excludes halogenated alkanes) is 3. The van der Waals surface area contributed by atoms with Gasteiger partial charge in [-0.25, -0.2) is 0 Å². The van der Waals surface area contributed by atoms with E-state index in [0.717, 1.165) is 63.3 Å². The van der Waals surface area contributed by atoms with Crippen LogP contribution >= 0.6 is 43.2 Å². The molecule has 0 spiro atoms. The zero-order chi connectivity index (χ0) is 21.2. The summed E-state index contributed by atoms with van der Waals surface area (Å²) in [6.45, 7) is 2.18. The Balaban J connectivity index is 1.26. The second kappa shape index (κ2) is 12.3. The molecule has 0 aliphatic carbocycles. The van der Waals surface area contributed by atoms with Crippen LogP contribution in [0.1, 0.15) is 36.8 Å². The van der Waals surface area contributed by atoms with Crippen LogP contribution in [0.3, 0.4) is 0 Å². The van der Waals surface area contributed by atoms with Gasteiger partial charge in [-0.15, -0.1) is 11.3 Å². The summed E-state index contributed by atoms with van der Waals surface area (Å²) in [4.78, 5) is 0. The molecule has 0 saturated heterocycles. The molecule has 3 nitrogen and oxygen atoms in total. The molecule has 0 bridgehead atoms. The number of benzene rings is 2. The molecule has 0 amide bonds. The van der Waals surface area contributed by atoms with E-state index >= 15 is 0 Å². The topological polar surface area (TPSA) is 42.2 Å². The minimum Gasteiger partial charge on any atom is -0.494 e. The van der Waals surface area contributed by atoms with Crippen LogP contribution in [0.2, 0.25) is 0 Å². The van der Waals surface area contributed by atoms with Crippen molar-refractivity contribution in [2.24, 2.45) is 0 Å². The Morgan fingerprint density at radius 1 is 0.833 bits per heavy atom. The van der Waals surface area contributed by atoms with E-state index in [-0.39, 0.29) is 0 Å². The fourth-order valence-electron chi connectivity index (χ4n) is 2.99. The van der Waals surface area contributed by atoms with Crippen LogP contribution in [0, 0.1) is 11.3 Å². The highest BCUT2D eigenvalue weighted by atomic mass is 79.9. The number of hydrogen-bond acceptors (Lipinski definition) is 4. The lowest BCUT2D eigenvalue weighted by atomic mass is 10.0. The molecule has 1 heterocycles. The van der Waals surface area contributed by atoms with Crippen molar-refractivity contribution < 1.29 is 9.47 Å². The van der Waals surface area contributed by atoms with Crippen LogP contribution < -0.4 is 4.74 Å². The van der Waals surface area contributed by atoms with Gasteiger partial charge in [0.15, 0.2) is 0 Å². The molecule has 0 radical (unpaired) electrons. The average molecular weight is 549 g/mol. The quantitative estimate of drug-likeness (QED) is 0.228. The van der Waals surface area contributed by atoms with Gasteiger partial charge < -0.3 is 9.47 Å². The maximum Gasteiger partial charge on any atom is 0.119 e. The Hall–Kier alpha value is -1.65. The van der Waals surface area contributed by atoms with Crippen molar-refractivity contribution in [1.82, 2.24) is 0 Å². The molecule has 3 aromatic rings. The number of rotatable bonds is 11. The van der Waals surface area contributed by atoms with Gasteiger partial charge in [0.1, 0.15) is 5.75 Å². The van der Waals surface area contributed by atoms with Crippen LogP contribution in [0.4, 0.5) is 0 Å². The molecule has 3 rings (SSSR count). The van der Waals surface area contributed by atoms with E-state index in [1.165, 1.54) is 5.56 Å². The van der Waals surface area contributed by atoms with Crippen LogP contribution in [-0.2, 0) is 11.3 Å². The van der Waals surface area contributed by atoms with Gasteiger partial charge >= 0.3 is 0 Å². The molecule has 0 aliphatic heterocycles. The van der Waals surface area contributed by atoms with Crippen molar-refractivity contribution in [3.05, 3.63) is 73.3 Å². The SMILES string of the molecule is N#Cc1ccc(-c2ccc(OCCCCCCOCc3cc(Br)sc3Br)cc2)cc1. The molecule has 0 N–H and O–H groups in total. The highest BCUT2D eigenvalue weighted by Gasteiger charge is 2.05. The zero-order valence-corrected chi connectivity index (χ0v) is 20.6. The maximum atomic E-state index is 8.89. The maximum absolute atomic E-state index is 8.89. The van der Waals surface area contributed by atoms with Crippen molar-refractivity contribution in [2.45, 2.75) is 32.3 Å². The first kappa shape index (κ1) is 23.0. The summed E-state index contributed by atoms with van der Waals surface area (Å²) in [7, 11) is 0. The lowest BCUT2D eigenvalue weighted by Crippen LogP contribution is -1.98. The number of nitriles is 1. The second-order valence-electron chi connectivity index (χ2n) is 6.88. The lowest BCUT2D eigenvalue weighted by Gasteiger charge is -2.08. The molecular formula is C24H23Br2NO2S. The van der Waals surface area contributed by atoms with E-state index < -0.39 is 0 Å². The smallest absolute Gasteiger partial charge is 0.119 e. The number of nitrogens with zero attached hydrogens (tertiary/aromatic N) is 1. The Morgan fingerprint density at radius 3 is 2.07 bits per heavy atom. The predicted molar refractivity (Wildman–Crippen MR) is 130 cm³/mol.